The van der Waals surface area contributed by atoms with Crippen LogP contribution in [0.25, 0.3) is 0 Å². The number of allylic oxidation sites excluding steroid dienone is 4. The average Bonchev–Trinajstić information content (AvgIpc) is 2.21. The van der Waals surface area contributed by atoms with Crippen LogP contribution < -0.4 is 0 Å². The standard InChI is InChI=1S/C8H8N2.C2H6/c1-2-7-10-8(4-1)5-3-6-9-10;1-2/h1-2,4-7H,3H2;1-2H3. The van der Waals surface area contributed by atoms with Crippen molar-refractivity contribution in [3.8, 4) is 0 Å². The molecule has 2 heterocycles. The van der Waals surface area contributed by atoms with Crippen molar-refractivity contribution in [3.63, 3.8) is 0 Å². The Labute approximate surface area is 73.6 Å². The first-order valence-corrected chi connectivity index (χ1v) is 4.33. The number of rotatable bonds is 0. The Hall–Kier alpha value is -1.31. The summed E-state index contributed by atoms with van der Waals surface area (Å²) < 4.78 is 0. The molecule has 12 heavy (non-hydrogen) atoms. The van der Waals surface area contributed by atoms with Crippen molar-refractivity contribution in [3.05, 3.63) is 36.2 Å². The first-order valence-electron chi connectivity index (χ1n) is 4.33. The average molecular weight is 162 g/mol. The van der Waals surface area contributed by atoms with Crippen LogP contribution in [0.2, 0.25) is 0 Å². The third-order valence-electron chi connectivity index (χ3n) is 1.51. The lowest BCUT2D eigenvalue weighted by Crippen LogP contribution is -2.12. The fourth-order valence-corrected chi connectivity index (χ4v) is 1.02. The predicted octanol–water partition coefficient (Wildman–Crippen LogP) is 2.67. The van der Waals surface area contributed by atoms with Gasteiger partial charge in [-0.3, -0.25) is 0 Å². The topological polar surface area (TPSA) is 15.6 Å². The van der Waals surface area contributed by atoms with Crippen LogP contribution in [0.5, 0.6) is 0 Å². The Balaban J connectivity index is 0.000000336. The van der Waals surface area contributed by atoms with Gasteiger partial charge in [0.25, 0.3) is 0 Å². The molecule has 0 spiro atoms. The molecule has 2 aliphatic heterocycles. The molecule has 0 unspecified atom stereocenters. The molecular weight excluding hydrogens is 148 g/mol. The summed E-state index contributed by atoms with van der Waals surface area (Å²) in [6, 6.07) is 0. The van der Waals surface area contributed by atoms with E-state index in [4.69, 9.17) is 0 Å². The van der Waals surface area contributed by atoms with E-state index in [9.17, 15) is 0 Å². The highest BCUT2D eigenvalue weighted by Gasteiger charge is 2.05. The van der Waals surface area contributed by atoms with Gasteiger partial charge in [-0.05, 0) is 12.2 Å². The van der Waals surface area contributed by atoms with Crippen LogP contribution in [0.15, 0.2) is 41.3 Å². The molecule has 2 nitrogen and oxygen atoms in total. The lowest BCUT2D eigenvalue weighted by Gasteiger charge is -2.19. The van der Waals surface area contributed by atoms with Gasteiger partial charge in [-0.1, -0.05) is 26.0 Å². The van der Waals surface area contributed by atoms with Gasteiger partial charge >= 0.3 is 0 Å². The first kappa shape index (κ1) is 8.78. The molecule has 2 aliphatic rings. The van der Waals surface area contributed by atoms with Crippen LogP contribution >= 0.6 is 0 Å². The maximum absolute atomic E-state index is 4.15. The zero-order chi connectivity index (χ0) is 8.81. The van der Waals surface area contributed by atoms with Crippen LogP contribution in [-0.4, -0.2) is 11.2 Å². The summed E-state index contributed by atoms with van der Waals surface area (Å²) in [4.78, 5) is 0. The SMILES string of the molecule is C1=CC2=CCC=NN2C=C1.CC. The minimum absolute atomic E-state index is 0.948. The molecule has 0 amide bonds. The summed E-state index contributed by atoms with van der Waals surface area (Å²) in [7, 11) is 0. The zero-order valence-electron chi connectivity index (χ0n) is 7.57. The van der Waals surface area contributed by atoms with Gasteiger partial charge in [0, 0.05) is 18.8 Å². The lowest BCUT2D eigenvalue weighted by atomic mass is 10.2. The van der Waals surface area contributed by atoms with Gasteiger partial charge in [0.05, 0.1) is 5.70 Å². The quantitative estimate of drug-likeness (QED) is 0.534. The molecule has 0 N–H and O–H groups in total. The van der Waals surface area contributed by atoms with E-state index in [0.717, 1.165) is 6.42 Å². The molecule has 0 saturated carbocycles. The number of hydrogen-bond acceptors (Lipinski definition) is 2. The smallest absolute Gasteiger partial charge is 0.0609 e. The number of hydrogen-bond donors (Lipinski definition) is 0. The summed E-state index contributed by atoms with van der Waals surface area (Å²) >= 11 is 0. The lowest BCUT2D eigenvalue weighted by molar-refractivity contribution is 0.503. The van der Waals surface area contributed by atoms with E-state index >= 15 is 0 Å². The fraction of sp³-hybridized carbons (Fsp3) is 0.300. The Kier molecular flexibility index (Phi) is 3.33. The van der Waals surface area contributed by atoms with E-state index in [1.807, 2.05) is 43.4 Å². The van der Waals surface area contributed by atoms with Crippen LogP contribution in [0, 0.1) is 0 Å². The van der Waals surface area contributed by atoms with Crippen LogP contribution in [0.3, 0.4) is 0 Å². The van der Waals surface area contributed by atoms with E-state index in [0.29, 0.717) is 0 Å². The highest BCUT2D eigenvalue weighted by atomic mass is 15.4. The van der Waals surface area contributed by atoms with Crippen molar-refractivity contribution in [1.82, 2.24) is 5.01 Å². The number of fused-ring (bicyclic) bond motifs is 1. The Morgan fingerprint density at radius 1 is 1.33 bits per heavy atom. The van der Waals surface area contributed by atoms with Crippen LogP contribution in [0.4, 0.5) is 0 Å². The van der Waals surface area contributed by atoms with Crippen LogP contribution in [0.1, 0.15) is 20.3 Å². The molecule has 0 aromatic heterocycles. The second kappa shape index (κ2) is 4.54. The van der Waals surface area contributed by atoms with Crippen molar-refractivity contribution < 1.29 is 0 Å². The van der Waals surface area contributed by atoms with E-state index in [1.165, 1.54) is 5.70 Å². The highest BCUT2D eigenvalue weighted by Crippen LogP contribution is 2.15. The summed E-state index contributed by atoms with van der Waals surface area (Å²) in [6.07, 6.45) is 13.0. The van der Waals surface area contributed by atoms with Gasteiger partial charge in [-0.25, -0.2) is 5.01 Å². The van der Waals surface area contributed by atoms with Gasteiger partial charge < -0.3 is 0 Å². The summed E-state index contributed by atoms with van der Waals surface area (Å²) in [6.45, 7) is 4.00. The summed E-state index contributed by atoms with van der Waals surface area (Å²) in [5, 5.41) is 6.02. The molecule has 0 saturated heterocycles. The molecule has 64 valence electrons. The van der Waals surface area contributed by atoms with E-state index in [2.05, 4.69) is 17.3 Å². The second-order valence-corrected chi connectivity index (χ2v) is 2.21. The van der Waals surface area contributed by atoms with Gasteiger partial charge in [0.1, 0.15) is 0 Å². The molecule has 2 rings (SSSR count). The van der Waals surface area contributed by atoms with Gasteiger partial charge in [0.15, 0.2) is 0 Å². The van der Waals surface area contributed by atoms with Gasteiger partial charge in [0.2, 0.25) is 0 Å². The molecular formula is C10H14N2. The van der Waals surface area contributed by atoms with Crippen molar-refractivity contribution in [1.29, 1.82) is 0 Å². The van der Waals surface area contributed by atoms with Crippen molar-refractivity contribution >= 4 is 6.21 Å². The fourth-order valence-electron chi connectivity index (χ4n) is 1.02. The molecule has 0 bridgehead atoms. The predicted molar refractivity (Wildman–Crippen MR) is 52.7 cm³/mol. The summed E-state index contributed by atoms with van der Waals surface area (Å²) in [5.74, 6) is 0. The third-order valence-corrected chi connectivity index (χ3v) is 1.51. The minimum atomic E-state index is 0.948. The van der Waals surface area contributed by atoms with Gasteiger partial charge in [-0.15, -0.1) is 0 Å². The maximum Gasteiger partial charge on any atom is 0.0609 e. The highest BCUT2D eigenvalue weighted by molar-refractivity contribution is 5.61. The number of hydrazone groups is 1. The van der Waals surface area contributed by atoms with E-state index < -0.39 is 0 Å². The summed E-state index contributed by atoms with van der Waals surface area (Å²) in [5.41, 5.74) is 1.17. The molecule has 2 heteroatoms. The molecule has 0 radical (unpaired) electrons. The Bertz CT molecular complexity index is 247. The first-order chi connectivity index (χ1) is 5.97. The molecule has 0 atom stereocenters. The molecule has 0 fully saturated rings. The number of nitrogens with zero attached hydrogens (tertiary/aromatic N) is 2. The minimum Gasteiger partial charge on any atom is -0.242 e. The van der Waals surface area contributed by atoms with Gasteiger partial charge in [-0.2, -0.15) is 5.10 Å². The van der Waals surface area contributed by atoms with E-state index in [-0.39, 0.29) is 0 Å². The maximum atomic E-state index is 4.15. The third kappa shape index (κ3) is 1.84. The normalized spacial score (nSPS) is 17.8. The molecule has 0 aromatic carbocycles. The molecule has 0 aliphatic carbocycles. The largest absolute Gasteiger partial charge is 0.242 e. The Morgan fingerprint density at radius 2 is 2.17 bits per heavy atom. The Morgan fingerprint density at radius 3 is 2.92 bits per heavy atom. The molecule has 0 aromatic rings. The van der Waals surface area contributed by atoms with Crippen molar-refractivity contribution in [2.75, 3.05) is 0 Å². The monoisotopic (exact) mass is 162 g/mol. The van der Waals surface area contributed by atoms with Crippen molar-refractivity contribution in [2.45, 2.75) is 20.3 Å². The van der Waals surface area contributed by atoms with Crippen LogP contribution in [-0.2, 0) is 0 Å². The second-order valence-electron chi connectivity index (χ2n) is 2.21. The zero-order valence-corrected chi connectivity index (χ0v) is 7.57. The van der Waals surface area contributed by atoms with Crippen molar-refractivity contribution in [2.24, 2.45) is 5.10 Å². The van der Waals surface area contributed by atoms with E-state index in [1.54, 1.807) is 0 Å².